The van der Waals surface area contributed by atoms with Gasteiger partial charge in [0.2, 0.25) is 0 Å². The quantitative estimate of drug-likeness (QED) is 0.814. The van der Waals surface area contributed by atoms with Crippen molar-refractivity contribution in [2.24, 2.45) is 0 Å². The number of rotatable bonds is 3. The van der Waals surface area contributed by atoms with Crippen molar-refractivity contribution in [3.63, 3.8) is 0 Å². The number of aromatic nitrogens is 1. The number of carbonyl (C=O) groups is 1. The van der Waals surface area contributed by atoms with Gasteiger partial charge in [0.1, 0.15) is 6.04 Å². The van der Waals surface area contributed by atoms with Gasteiger partial charge in [0, 0.05) is 12.2 Å². The number of carboxylic acid groups (broad SMARTS) is 1. The molecule has 1 saturated heterocycles. The van der Waals surface area contributed by atoms with Crippen LogP contribution in [0.15, 0.2) is 9.00 Å². The average Bonchev–Trinajstić information content (AvgIpc) is 2.84. The summed E-state index contributed by atoms with van der Waals surface area (Å²) in [6.45, 7) is 1.65. The lowest BCUT2D eigenvalue weighted by atomic mass is 10.2. The molecular formula is C9H12N2O5S2. The molecule has 0 radical (unpaired) electrons. The standard InChI is InChI=1S/C9H12N2O5S2/c1-5-8(17-9(14)10-5)18(15,16)11-4-2-3-6(11)7(12)13/h6H,2-4H2,1H3,(H,10,14)(H,12,13). The first kappa shape index (κ1) is 13.2. The van der Waals surface area contributed by atoms with E-state index in [4.69, 9.17) is 5.11 Å². The van der Waals surface area contributed by atoms with E-state index in [-0.39, 0.29) is 16.4 Å². The van der Waals surface area contributed by atoms with Gasteiger partial charge >= 0.3 is 10.8 Å². The number of hydrogen-bond acceptors (Lipinski definition) is 5. The first-order chi connectivity index (χ1) is 8.34. The van der Waals surface area contributed by atoms with Gasteiger partial charge in [-0.05, 0) is 19.8 Å². The van der Waals surface area contributed by atoms with Gasteiger partial charge in [0.05, 0.1) is 0 Å². The van der Waals surface area contributed by atoms with Gasteiger partial charge in [0.25, 0.3) is 10.0 Å². The average molecular weight is 292 g/mol. The smallest absolute Gasteiger partial charge is 0.322 e. The molecular weight excluding hydrogens is 280 g/mol. The molecule has 100 valence electrons. The van der Waals surface area contributed by atoms with Crippen molar-refractivity contribution < 1.29 is 18.3 Å². The van der Waals surface area contributed by atoms with Crippen molar-refractivity contribution in [2.75, 3.05) is 6.54 Å². The van der Waals surface area contributed by atoms with Crippen LogP contribution in [0.4, 0.5) is 0 Å². The van der Waals surface area contributed by atoms with E-state index in [9.17, 15) is 18.0 Å². The summed E-state index contributed by atoms with van der Waals surface area (Å²) >= 11 is 0.588. The Morgan fingerprint density at radius 3 is 2.72 bits per heavy atom. The highest BCUT2D eigenvalue weighted by molar-refractivity contribution is 7.91. The Morgan fingerprint density at radius 1 is 1.56 bits per heavy atom. The molecule has 0 saturated carbocycles. The van der Waals surface area contributed by atoms with Crippen LogP contribution in [0, 0.1) is 6.92 Å². The fourth-order valence-corrected chi connectivity index (χ4v) is 5.08. The zero-order valence-electron chi connectivity index (χ0n) is 9.54. The molecule has 0 aromatic carbocycles. The van der Waals surface area contributed by atoms with Crippen LogP contribution in [0.1, 0.15) is 18.5 Å². The number of nitrogens with zero attached hydrogens (tertiary/aromatic N) is 1. The van der Waals surface area contributed by atoms with E-state index in [0.717, 1.165) is 4.31 Å². The Labute approximate surface area is 107 Å². The van der Waals surface area contributed by atoms with Crippen molar-refractivity contribution >= 4 is 27.3 Å². The highest BCUT2D eigenvalue weighted by Gasteiger charge is 2.40. The minimum absolute atomic E-state index is 0.0966. The van der Waals surface area contributed by atoms with E-state index in [1.54, 1.807) is 0 Å². The number of sulfonamides is 1. The molecule has 0 spiro atoms. The third-order valence-electron chi connectivity index (χ3n) is 2.81. The van der Waals surface area contributed by atoms with E-state index in [1.165, 1.54) is 6.92 Å². The highest BCUT2D eigenvalue weighted by atomic mass is 32.2. The second-order valence-corrected chi connectivity index (χ2v) is 7.11. The third-order valence-corrected chi connectivity index (χ3v) is 6.30. The summed E-state index contributed by atoms with van der Waals surface area (Å²) in [4.78, 5) is 24.1. The predicted octanol–water partition coefficient (Wildman–Crippen LogP) is -0.0175. The van der Waals surface area contributed by atoms with Crippen LogP contribution in [0.3, 0.4) is 0 Å². The normalized spacial score (nSPS) is 21.3. The van der Waals surface area contributed by atoms with Crippen LogP contribution in [-0.4, -0.2) is 41.4 Å². The van der Waals surface area contributed by atoms with Crippen molar-refractivity contribution in [3.8, 4) is 0 Å². The molecule has 0 aliphatic carbocycles. The Kier molecular flexibility index (Phi) is 3.30. The Bertz CT molecular complexity index is 630. The number of aromatic amines is 1. The van der Waals surface area contributed by atoms with E-state index in [2.05, 4.69) is 4.98 Å². The van der Waals surface area contributed by atoms with Crippen molar-refractivity contribution in [1.82, 2.24) is 9.29 Å². The molecule has 2 heterocycles. The lowest BCUT2D eigenvalue weighted by Gasteiger charge is -2.20. The summed E-state index contributed by atoms with van der Waals surface area (Å²) < 4.78 is 25.5. The van der Waals surface area contributed by atoms with Crippen molar-refractivity contribution in [2.45, 2.75) is 30.0 Å². The first-order valence-electron chi connectivity index (χ1n) is 5.28. The lowest BCUT2D eigenvalue weighted by molar-refractivity contribution is -0.140. The summed E-state index contributed by atoms with van der Waals surface area (Å²) in [5.74, 6) is -1.16. The molecule has 2 rings (SSSR count). The highest BCUT2D eigenvalue weighted by Crippen LogP contribution is 2.28. The fraction of sp³-hybridized carbons (Fsp3) is 0.556. The third kappa shape index (κ3) is 2.08. The first-order valence-corrected chi connectivity index (χ1v) is 7.54. The summed E-state index contributed by atoms with van der Waals surface area (Å²) in [6, 6.07) is -1.04. The molecule has 7 nitrogen and oxygen atoms in total. The monoisotopic (exact) mass is 292 g/mol. The van der Waals surface area contributed by atoms with Crippen LogP contribution in [0.5, 0.6) is 0 Å². The van der Waals surface area contributed by atoms with Crippen molar-refractivity contribution in [1.29, 1.82) is 0 Å². The number of nitrogens with one attached hydrogen (secondary N) is 1. The minimum Gasteiger partial charge on any atom is -0.480 e. The van der Waals surface area contributed by atoms with Gasteiger partial charge in [-0.25, -0.2) is 8.42 Å². The molecule has 2 N–H and O–H groups in total. The van der Waals surface area contributed by atoms with Crippen LogP contribution in [0.25, 0.3) is 0 Å². The molecule has 18 heavy (non-hydrogen) atoms. The molecule has 1 aromatic heterocycles. The number of aliphatic carboxylic acids is 1. The molecule has 0 amide bonds. The molecule has 1 aliphatic heterocycles. The maximum atomic E-state index is 12.3. The maximum Gasteiger partial charge on any atom is 0.322 e. The predicted molar refractivity (Wildman–Crippen MR) is 64.2 cm³/mol. The van der Waals surface area contributed by atoms with Gasteiger partial charge in [-0.15, -0.1) is 0 Å². The Morgan fingerprint density at radius 2 is 2.22 bits per heavy atom. The zero-order valence-corrected chi connectivity index (χ0v) is 11.2. The van der Waals surface area contributed by atoms with Crippen LogP contribution < -0.4 is 4.87 Å². The summed E-state index contributed by atoms with van der Waals surface area (Å²) in [6.07, 6.45) is 0.807. The van der Waals surface area contributed by atoms with Gasteiger partial charge in [0.15, 0.2) is 4.21 Å². The van der Waals surface area contributed by atoms with E-state index in [1.807, 2.05) is 0 Å². The molecule has 1 fully saturated rings. The summed E-state index contributed by atoms with van der Waals surface area (Å²) in [7, 11) is -3.90. The van der Waals surface area contributed by atoms with Crippen LogP contribution in [0.2, 0.25) is 0 Å². The molecule has 1 atom stereocenters. The number of aryl methyl sites for hydroxylation is 1. The van der Waals surface area contributed by atoms with E-state index in [0.29, 0.717) is 24.2 Å². The van der Waals surface area contributed by atoms with Gasteiger partial charge in [-0.1, -0.05) is 11.3 Å². The van der Waals surface area contributed by atoms with E-state index >= 15 is 0 Å². The molecule has 0 bridgehead atoms. The fourth-order valence-electron chi connectivity index (χ4n) is 2.02. The number of hydrogen-bond donors (Lipinski definition) is 2. The van der Waals surface area contributed by atoms with Crippen LogP contribution >= 0.6 is 11.3 Å². The van der Waals surface area contributed by atoms with E-state index < -0.39 is 26.9 Å². The molecule has 1 unspecified atom stereocenters. The second kappa shape index (κ2) is 4.48. The zero-order chi connectivity index (χ0) is 13.5. The van der Waals surface area contributed by atoms with Gasteiger partial charge < -0.3 is 10.1 Å². The largest absolute Gasteiger partial charge is 0.480 e. The number of H-pyrrole nitrogens is 1. The summed E-state index contributed by atoms with van der Waals surface area (Å²) in [5.41, 5.74) is 0.251. The topological polar surface area (TPSA) is 108 Å². The maximum absolute atomic E-state index is 12.3. The minimum atomic E-state index is -3.90. The lowest BCUT2D eigenvalue weighted by Crippen LogP contribution is -2.40. The van der Waals surface area contributed by atoms with Crippen LogP contribution in [-0.2, 0) is 14.8 Å². The number of carboxylic acids is 1. The summed E-state index contributed by atoms with van der Waals surface area (Å²) in [5, 5.41) is 9.00. The molecule has 9 heteroatoms. The Hall–Kier alpha value is -1.19. The van der Waals surface area contributed by atoms with Gasteiger partial charge in [-0.2, -0.15) is 4.31 Å². The number of thiazole rings is 1. The Balaban J connectivity index is 2.46. The SMILES string of the molecule is Cc1[nH]c(=O)sc1S(=O)(=O)N1CCCC1C(=O)O. The van der Waals surface area contributed by atoms with Gasteiger partial charge in [-0.3, -0.25) is 9.59 Å². The van der Waals surface area contributed by atoms with Crippen molar-refractivity contribution in [3.05, 3.63) is 15.4 Å². The molecule has 1 aliphatic rings. The second-order valence-electron chi connectivity index (χ2n) is 4.04. The molecule has 1 aromatic rings.